The minimum atomic E-state index is -1.14. The molecule has 3 unspecified atom stereocenters. The molecule has 0 saturated carbocycles. The molecule has 1 aliphatic rings. The summed E-state index contributed by atoms with van der Waals surface area (Å²) in [6.07, 6.45) is -0.472. The number of aliphatic hydroxyl groups excluding tert-OH is 3. The van der Waals surface area contributed by atoms with Crippen molar-refractivity contribution >= 4 is 34.4 Å². The van der Waals surface area contributed by atoms with E-state index in [9.17, 15) is 19.8 Å². The lowest BCUT2D eigenvalue weighted by molar-refractivity contribution is -0.137. The third kappa shape index (κ3) is 7.03. The van der Waals surface area contributed by atoms with Gasteiger partial charge in [0.2, 0.25) is 11.8 Å². The molecule has 2 amide bonds. The van der Waals surface area contributed by atoms with Gasteiger partial charge in [-0.2, -0.15) is 0 Å². The zero-order chi connectivity index (χ0) is 24.5. The van der Waals surface area contributed by atoms with E-state index < -0.39 is 24.2 Å². The molecule has 2 rings (SSSR count). The zero-order valence-electron chi connectivity index (χ0n) is 18.9. The molecule has 0 saturated heterocycles. The summed E-state index contributed by atoms with van der Waals surface area (Å²) in [5.74, 6) is 0.0220. The molecule has 184 valence electrons. The first kappa shape index (κ1) is 27.3. The van der Waals surface area contributed by atoms with Crippen LogP contribution >= 0.6 is 22.6 Å². The van der Waals surface area contributed by atoms with Crippen LogP contribution in [-0.2, 0) is 20.9 Å². The van der Waals surface area contributed by atoms with E-state index >= 15 is 0 Å². The van der Waals surface area contributed by atoms with Gasteiger partial charge >= 0.3 is 0 Å². The van der Waals surface area contributed by atoms with Crippen LogP contribution in [0.3, 0.4) is 0 Å². The highest BCUT2D eigenvalue weighted by Crippen LogP contribution is 2.37. The van der Waals surface area contributed by atoms with Crippen LogP contribution in [0, 0.1) is 3.57 Å². The van der Waals surface area contributed by atoms with Crippen LogP contribution in [0.4, 0.5) is 0 Å². The van der Waals surface area contributed by atoms with Gasteiger partial charge < -0.3 is 39.7 Å². The molecule has 4 N–H and O–H groups in total. The van der Waals surface area contributed by atoms with Gasteiger partial charge in [-0.15, -0.1) is 0 Å². The Morgan fingerprint density at radius 1 is 1.27 bits per heavy atom. The Morgan fingerprint density at radius 3 is 2.58 bits per heavy atom. The van der Waals surface area contributed by atoms with E-state index in [1.807, 2.05) is 22.6 Å². The van der Waals surface area contributed by atoms with Crippen molar-refractivity contribution in [3.8, 4) is 11.5 Å². The number of methoxy groups -OCH3 is 2. The number of carbonyl (C=O) groups is 2. The first-order chi connectivity index (χ1) is 15.8. The molecule has 0 aliphatic heterocycles. The molecule has 33 heavy (non-hydrogen) atoms. The van der Waals surface area contributed by atoms with Gasteiger partial charge in [0.15, 0.2) is 11.5 Å². The van der Waals surface area contributed by atoms with Gasteiger partial charge in [0.05, 0.1) is 36.5 Å². The maximum atomic E-state index is 12.7. The summed E-state index contributed by atoms with van der Waals surface area (Å²) in [5.41, 5.74) is 0.959. The van der Waals surface area contributed by atoms with Crippen molar-refractivity contribution in [1.82, 2.24) is 10.2 Å². The number of hydrogen-bond acceptors (Lipinski definition) is 8. The number of nitrogens with zero attached hydrogens (tertiary/aromatic N) is 1. The number of aliphatic hydroxyl groups is 3. The van der Waals surface area contributed by atoms with E-state index in [0.717, 1.165) is 0 Å². The lowest BCUT2D eigenvalue weighted by Crippen LogP contribution is -2.55. The lowest BCUT2D eigenvalue weighted by Gasteiger charge is -2.40. The molecule has 0 radical (unpaired) electrons. The highest BCUT2D eigenvalue weighted by molar-refractivity contribution is 14.1. The molecule has 1 aromatic rings. The Labute approximate surface area is 206 Å². The Hall–Kier alpha value is -1.93. The van der Waals surface area contributed by atoms with Gasteiger partial charge in [-0.3, -0.25) is 9.59 Å². The van der Waals surface area contributed by atoms with Crippen LogP contribution in [0.5, 0.6) is 11.5 Å². The fraction of sp³-hybridized carbons (Fsp3) is 0.545. The number of rotatable bonds is 11. The minimum Gasteiger partial charge on any atom is -0.493 e. The van der Waals surface area contributed by atoms with E-state index in [4.69, 9.17) is 19.3 Å². The third-order valence-corrected chi connectivity index (χ3v) is 6.08. The topological polar surface area (TPSA) is 138 Å². The van der Waals surface area contributed by atoms with Crippen molar-refractivity contribution in [3.05, 3.63) is 32.9 Å². The molecule has 0 spiro atoms. The van der Waals surface area contributed by atoms with E-state index in [2.05, 4.69) is 5.32 Å². The van der Waals surface area contributed by atoms with Gasteiger partial charge in [-0.25, -0.2) is 0 Å². The van der Waals surface area contributed by atoms with Gasteiger partial charge in [-0.05, 0) is 46.4 Å². The maximum absolute atomic E-state index is 12.7. The molecule has 1 aromatic carbocycles. The summed E-state index contributed by atoms with van der Waals surface area (Å²) < 4.78 is 17.3. The predicted octanol–water partition coefficient (Wildman–Crippen LogP) is 0.203. The Kier molecular flexibility index (Phi) is 10.8. The van der Waals surface area contributed by atoms with Crippen LogP contribution in [0.1, 0.15) is 18.9 Å². The van der Waals surface area contributed by atoms with Crippen LogP contribution in [0.2, 0.25) is 0 Å². The molecule has 11 heteroatoms. The minimum absolute atomic E-state index is 0.0728. The molecule has 0 bridgehead atoms. The van der Waals surface area contributed by atoms with Gasteiger partial charge in [0.25, 0.3) is 0 Å². The van der Waals surface area contributed by atoms with Crippen LogP contribution in [-0.4, -0.2) is 90.8 Å². The summed E-state index contributed by atoms with van der Waals surface area (Å²) in [6, 6.07) is 2.62. The number of halogens is 1. The molecule has 0 fully saturated rings. The first-order valence-corrected chi connectivity index (χ1v) is 11.5. The number of hydrogen-bond donors (Lipinski definition) is 4. The van der Waals surface area contributed by atoms with Crippen LogP contribution < -0.4 is 14.8 Å². The Balaban J connectivity index is 2.45. The molecule has 0 aromatic heterocycles. The van der Waals surface area contributed by atoms with Crippen LogP contribution in [0.15, 0.2) is 23.8 Å². The van der Waals surface area contributed by atoms with E-state index in [1.54, 1.807) is 12.1 Å². The SMILES string of the molecule is COCCN(C(C)=O)C1CC(C(=O)NCCO)=CC(Oc2c(I)cc(CO)cc2OC)C1O. The highest BCUT2D eigenvalue weighted by Gasteiger charge is 2.40. The summed E-state index contributed by atoms with van der Waals surface area (Å²) in [6.45, 7) is 1.56. The predicted molar refractivity (Wildman–Crippen MR) is 128 cm³/mol. The van der Waals surface area contributed by atoms with Crippen LogP contribution in [0.25, 0.3) is 0 Å². The van der Waals surface area contributed by atoms with E-state index in [-0.39, 0.29) is 45.2 Å². The van der Waals surface area contributed by atoms with Crippen molar-refractivity contribution in [2.75, 3.05) is 40.5 Å². The lowest BCUT2D eigenvalue weighted by atomic mass is 9.88. The summed E-state index contributed by atoms with van der Waals surface area (Å²) in [5, 5.41) is 32.3. The molecule has 10 nitrogen and oxygen atoms in total. The average molecular weight is 578 g/mol. The van der Waals surface area contributed by atoms with Crippen molar-refractivity contribution in [2.24, 2.45) is 0 Å². The highest BCUT2D eigenvalue weighted by atomic mass is 127. The fourth-order valence-corrected chi connectivity index (χ4v) is 4.43. The fourth-order valence-electron chi connectivity index (χ4n) is 3.64. The van der Waals surface area contributed by atoms with E-state index in [0.29, 0.717) is 26.2 Å². The summed E-state index contributed by atoms with van der Waals surface area (Å²) in [4.78, 5) is 26.5. The zero-order valence-corrected chi connectivity index (χ0v) is 21.1. The summed E-state index contributed by atoms with van der Waals surface area (Å²) >= 11 is 2.04. The number of amides is 2. The molecule has 3 atom stereocenters. The number of carbonyl (C=O) groups excluding carboxylic acids is 2. The largest absolute Gasteiger partial charge is 0.493 e. The first-order valence-electron chi connectivity index (χ1n) is 10.4. The molecule has 1 aliphatic carbocycles. The number of ether oxygens (including phenoxy) is 3. The second-order valence-electron chi connectivity index (χ2n) is 7.49. The second kappa shape index (κ2) is 13.1. The smallest absolute Gasteiger partial charge is 0.247 e. The number of benzene rings is 1. The quantitative estimate of drug-likeness (QED) is 0.274. The molecular weight excluding hydrogens is 547 g/mol. The van der Waals surface area contributed by atoms with Crippen molar-refractivity contribution < 1.29 is 39.1 Å². The van der Waals surface area contributed by atoms with E-state index in [1.165, 1.54) is 32.1 Å². The van der Waals surface area contributed by atoms with Crippen molar-refractivity contribution in [1.29, 1.82) is 0 Å². The Morgan fingerprint density at radius 2 is 2.00 bits per heavy atom. The molecule has 0 heterocycles. The van der Waals surface area contributed by atoms with Gasteiger partial charge in [0, 0.05) is 39.1 Å². The van der Waals surface area contributed by atoms with Gasteiger partial charge in [0.1, 0.15) is 12.2 Å². The van der Waals surface area contributed by atoms with Crippen molar-refractivity contribution in [2.45, 2.75) is 38.2 Å². The number of nitrogens with one attached hydrogen (secondary N) is 1. The average Bonchev–Trinajstić information content (AvgIpc) is 2.80. The standard InChI is InChI=1S/C22H31IN2O8/c1-13(28)25(5-7-31-2)17-10-15(22(30)24-4-6-26)11-18(20(17)29)33-21-16(23)8-14(12-27)9-19(21)32-3/h8-9,11,17-18,20,26-27,29H,4-7,10,12H2,1-3H3,(H,24,30). The normalized spacial score (nSPS) is 20.1. The Bertz CT molecular complexity index is 863. The third-order valence-electron chi connectivity index (χ3n) is 5.28. The second-order valence-corrected chi connectivity index (χ2v) is 8.65. The maximum Gasteiger partial charge on any atom is 0.247 e. The molecular formula is C22H31IN2O8. The van der Waals surface area contributed by atoms with Crippen molar-refractivity contribution in [3.63, 3.8) is 0 Å². The monoisotopic (exact) mass is 578 g/mol. The van der Waals surface area contributed by atoms with Gasteiger partial charge in [-0.1, -0.05) is 0 Å². The summed E-state index contributed by atoms with van der Waals surface area (Å²) in [7, 11) is 2.98.